The number of sulfonamides is 1. The average Bonchev–Trinajstić information content (AvgIpc) is 2.44. The molecule has 1 rings (SSSR count). The van der Waals surface area contributed by atoms with Crippen molar-refractivity contribution in [3.63, 3.8) is 0 Å². The van der Waals surface area contributed by atoms with Gasteiger partial charge in [0.2, 0.25) is 15.9 Å². The number of unbranched alkanes of at least 4 members (excludes halogenated alkanes) is 2. The number of nitrogens with one attached hydrogen (secondary N) is 1. The van der Waals surface area contributed by atoms with E-state index in [1.807, 2.05) is 0 Å². The van der Waals surface area contributed by atoms with Crippen molar-refractivity contribution in [2.45, 2.75) is 44.0 Å². The topological polar surface area (TPSA) is 98.5 Å². The van der Waals surface area contributed by atoms with Crippen LogP contribution in [0, 0.1) is 0 Å². The van der Waals surface area contributed by atoms with Gasteiger partial charge in [-0.3, -0.25) is 4.79 Å². The molecule has 0 atom stereocenters. The molecule has 21 heavy (non-hydrogen) atoms. The van der Waals surface area contributed by atoms with E-state index in [1.54, 1.807) is 0 Å². The lowest BCUT2D eigenvalue weighted by Gasteiger charge is -2.11. The fourth-order valence-electron chi connectivity index (χ4n) is 1.89. The van der Waals surface area contributed by atoms with Gasteiger partial charge in [-0.2, -0.15) is 0 Å². The van der Waals surface area contributed by atoms with Crippen LogP contribution in [-0.2, 0) is 21.4 Å². The molecule has 0 unspecified atom stereocenters. The Balaban J connectivity index is 2.75. The van der Waals surface area contributed by atoms with Crippen LogP contribution in [0.15, 0.2) is 23.1 Å². The Morgan fingerprint density at radius 3 is 2.62 bits per heavy atom. The lowest BCUT2D eigenvalue weighted by Crippen LogP contribution is -2.23. The Hall–Kier alpha value is -1.60. The number of hydrogen-bond acceptors (Lipinski definition) is 4. The first kappa shape index (κ1) is 17.5. The minimum absolute atomic E-state index is 0.00136. The van der Waals surface area contributed by atoms with Gasteiger partial charge in [-0.05, 0) is 24.6 Å². The Bertz CT molecular complexity index is 585. The van der Waals surface area contributed by atoms with Gasteiger partial charge in [-0.25, -0.2) is 13.6 Å². The molecule has 3 N–H and O–H groups in total. The maximum atomic E-state index is 11.7. The van der Waals surface area contributed by atoms with Crippen LogP contribution in [0.5, 0.6) is 5.75 Å². The zero-order valence-corrected chi connectivity index (χ0v) is 13.2. The van der Waals surface area contributed by atoms with E-state index in [1.165, 1.54) is 25.3 Å². The Morgan fingerprint density at radius 1 is 1.33 bits per heavy atom. The summed E-state index contributed by atoms with van der Waals surface area (Å²) in [5, 5.41) is 7.85. The number of methoxy groups -OCH3 is 1. The van der Waals surface area contributed by atoms with Crippen LogP contribution >= 0.6 is 0 Å². The van der Waals surface area contributed by atoms with Gasteiger partial charge in [0, 0.05) is 18.5 Å². The molecule has 0 bridgehead atoms. The van der Waals surface area contributed by atoms with E-state index < -0.39 is 10.0 Å². The number of primary sulfonamides is 1. The average molecular weight is 314 g/mol. The number of hydrogen-bond donors (Lipinski definition) is 2. The number of rotatable bonds is 8. The van der Waals surface area contributed by atoms with Crippen LogP contribution in [0.25, 0.3) is 0 Å². The summed E-state index contributed by atoms with van der Waals surface area (Å²) in [6.07, 6.45) is 3.37. The molecule has 0 saturated carbocycles. The molecule has 0 radical (unpaired) electrons. The highest BCUT2D eigenvalue weighted by atomic mass is 32.2. The van der Waals surface area contributed by atoms with E-state index in [9.17, 15) is 13.2 Å². The third-order valence-corrected chi connectivity index (χ3v) is 3.97. The molecule has 1 aromatic carbocycles. The lowest BCUT2D eigenvalue weighted by atomic mass is 10.1. The molecule has 118 valence electrons. The Labute approximate surface area is 125 Å². The van der Waals surface area contributed by atoms with Crippen molar-refractivity contribution in [2.75, 3.05) is 7.11 Å². The van der Waals surface area contributed by atoms with Crippen LogP contribution < -0.4 is 15.2 Å². The summed E-state index contributed by atoms with van der Waals surface area (Å²) in [5.74, 6) is 0.447. The predicted octanol–water partition coefficient (Wildman–Crippen LogP) is 1.54. The summed E-state index contributed by atoms with van der Waals surface area (Å²) >= 11 is 0. The van der Waals surface area contributed by atoms with Crippen molar-refractivity contribution in [1.29, 1.82) is 0 Å². The van der Waals surface area contributed by atoms with Crippen LogP contribution in [0.4, 0.5) is 0 Å². The van der Waals surface area contributed by atoms with Gasteiger partial charge in [-0.15, -0.1) is 0 Å². The zero-order valence-electron chi connectivity index (χ0n) is 12.4. The van der Waals surface area contributed by atoms with Gasteiger partial charge >= 0.3 is 0 Å². The summed E-state index contributed by atoms with van der Waals surface area (Å²) in [4.78, 5) is 11.7. The number of nitrogens with two attached hydrogens (primary N) is 1. The molecular weight excluding hydrogens is 292 g/mol. The van der Waals surface area contributed by atoms with E-state index >= 15 is 0 Å². The zero-order chi connectivity index (χ0) is 15.9. The Morgan fingerprint density at radius 2 is 2.05 bits per heavy atom. The highest BCUT2D eigenvalue weighted by molar-refractivity contribution is 7.89. The molecule has 0 aliphatic rings. The normalized spacial score (nSPS) is 11.2. The molecule has 0 aliphatic carbocycles. The van der Waals surface area contributed by atoms with Crippen LogP contribution in [-0.4, -0.2) is 21.4 Å². The number of amides is 1. The van der Waals surface area contributed by atoms with Crippen molar-refractivity contribution < 1.29 is 17.9 Å². The van der Waals surface area contributed by atoms with Crippen molar-refractivity contribution in [3.8, 4) is 5.75 Å². The first-order valence-electron chi connectivity index (χ1n) is 6.85. The molecule has 0 saturated heterocycles. The van der Waals surface area contributed by atoms with Crippen LogP contribution in [0.2, 0.25) is 0 Å². The van der Waals surface area contributed by atoms with Crippen molar-refractivity contribution in [3.05, 3.63) is 23.8 Å². The molecule has 0 aromatic heterocycles. The van der Waals surface area contributed by atoms with E-state index in [2.05, 4.69) is 12.2 Å². The maximum Gasteiger partial charge on any atom is 0.238 e. The van der Waals surface area contributed by atoms with Gasteiger partial charge in [0.25, 0.3) is 0 Å². The smallest absolute Gasteiger partial charge is 0.238 e. The van der Waals surface area contributed by atoms with Crippen molar-refractivity contribution in [2.24, 2.45) is 5.14 Å². The molecular formula is C14H22N2O4S. The fraction of sp³-hybridized carbons (Fsp3) is 0.500. The summed E-state index contributed by atoms with van der Waals surface area (Å²) in [5.41, 5.74) is 0.577. The minimum Gasteiger partial charge on any atom is -0.496 e. The molecule has 0 aliphatic heterocycles. The molecule has 0 heterocycles. The van der Waals surface area contributed by atoms with Crippen LogP contribution in [0.1, 0.15) is 38.2 Å². The number of carbonyl (C=O) groups excluding carboxylic acids is 1. The fourth-order valence-corrected chi connectivity index (χ4v) is 2.45. The standard InChI is InChI=1S/C14H22N2O4S/c1-3-4-5-6-14(17)16-10-11-9-12(21(15,18)19)7-8-13(11)20-2/h7-9H,3-6,10H2,1-2H3,(H,16,17)(H2,15,18,19). The number of ether oxygens (including phenoxy) is 1. The highest BCUT2D eigenvalue weighted by Gasteiger charge is 2.12. The number of benzene rings is 1. The third-order valence-electron chi connectivity index (χ3n) is 3.06. The van der Waals surface area contributed by atoms with Gasteiger partial charge in [0.15, 0.2) is 0 Å². The van der Waals surface area contributed by atoms with Gasteiger partial charge < -0.3 is 10.1 Å². The van der Waals surface area contributed by atoms with Crippen LogP contribution in [0.3, 0.4) is 0 Å². The van der Waals surface area contributed by atoms with Gasteiger partial charge in [0.05, 0.1) is 12.0 Å². The molecule has 1 amide bonds. The van der Waals surface area contributed by atoms with Crippen molar-refractivity contribution in [1.82, 2.24) is 5.32 Å². The Kier molecular flexibility index (Phi) is 6.64. The SMILES string of the molecule is CCCCCC(=O)NCc1cc(S(N)(=O)=O)ccc1OC. The first-order valence-corrected chi connectivity index (χ1v) is 8.39. The summed E-state index contributed by atoms with van der Waals surface area (Å²) in [6.45, 7) is 2.28. The first-order chi connectivity index (χ1) is 9.88. The largest absolute Gasteiger partial charge is 0.496 e. The van der Waals surface area contributed by atoms with E-state index in [4.69, 9.17) is 9.88 Å². The summed E-state index contributed by atoms with van der Waals surface area (Å²) in [6, 6.07) is 4.32. The molecule has 0 fully saturated rings. The summed E-state index contributed by atoms with van der Waals surface area (Å²) in [7, 11) is -2.29. The third kappa shape index (κ3) is 5.73. The number of carbonyl (C=O) groups is 1. The second-order valence-corrected chi connectivity index (χ2v) is 6.31. The highest BCUT2D eigenvalue weighted by Crippen LogP contribution is 2.21. The summed E-state index contributed by atoms with van der Waals surface area (Å²) < 4.78 is 27.9. The van der Waals surface area contributed by atoms with Crippen molar-refractivity contribution >= 4 is 15.9 Å². The maximum absolute atomic E-state index is 11.7. The van der Waals surface area contributed by atoms with Gasteiger partial charge in [0.1, 0.15) is 5.75 Å². The van der Waals surface area contributed by atoms with E-state index in [-0.39, 0.29) is 17.3 Å². The quantitative estimate of drug-likeness (QED) is 0.711. The van der Waals surface area contributed by atoms with E-state index in [0.29, 0.717) is 17.7 Å². The minimum atomic E-state index is -3.77. The predicted molar refractivity (Wildman–Crippen MR) is 80.4 cm³/mol. The molecule has 1 aromatic rings. The lowest BCUT2D eigenvalue weighted by molar-refractivity contribution is -0.121. The molecule has 0 spiro atoms. The molecule has 7 heteroatoms. The molecule has 6 nitrogen and oxygen atoms in total. The van der Waals surface area contributed by atoms with Gasteiger partial charge in [-0.1, -0.05) is 19.8 Å². The monoisotopic (exact) mass is 314 g/mol. The second kappa shape index (κ2) is 7.99. The second-order valence-electron chi connectivity index (χ2n) is 4.75. The van der Waals surface area contributed by atoms with E-state index in [0.717, 1.165) is 19.3 Å².